The number of rotatable bonds is 13. The lowest BCUT2D eigenvalue weighted by Gasteiger charge is -2.16. The van der Waals surface area contributed by atoms with Crippen LogP contribution in [-0.2, 0) is 13.2 Å². The van der Waals surface area contributed by atoms with Crippen LogP contribution in [0.15, 0.2) is 82.4 Å². The summed E-state index contributed by atoms with van der Waals surface area (Å²) in [5, 5.41) is 16.4. The number of nitrogens with one attached hydrogen (secondary N) is 1. The highest BCUT2D eigenvalue weighted by molar-refractivity contribution is 9.10. The highest BCUT2D eigenvalue weighted by Gasteiger charge is 2.13. The summed E-state index contributed by atoms with van der Waals surface area (Å²) in [5.41, 5.74) is 3.21. The lowest BCUT2D eigenvalue weighted by molar-refractivity contribution is 0.267. The summed E-state index contributed by atoms with van der Waals surface area (Å²) in [7, 11) is 0. The summed E-state index contributed by atoms with van der Waals surface area (Å²) in [5.74, 6) is 2.39. The molecule has 0 saturated carbocycles. The molecule has 0 unspecified atom stereocenters. The molecule has 1 N–H and O–H groups in total. The van der Waals surface area contributed by atoms with E-state index in [0.717, 1.165) is 63.2 Å². The maximum atomic E-state index is 6.08. The Morgan fingerprint density at radius 1 is 0.972 bits per heavy atom. The predicted octanol–water partition coefficient (Wildman–Crippen LogP) is 6.10. The molecule has 3 aromatic carbocycles. The number of para-hydroxylation sites is 1. The number of halogens is 2. The van der Waals surface area contributed by atoms with Crippen LogP contribution in [0.3, 0.4) is 0 Å². The van der Waals surface area contributed by atoms with Crippen molar-refractivity contribution in [2.45, 2.75) is 31.7 Å². The molecule has 0 radical (unpaired) electrons. The fraction of sp³-hybridized carbons (Fsp3) is 0.269. The largest absolute Gasteiger partial charge is 0.490 e. The van der Waals surface area contributed by atoms with E-state index in [1.807, 2.05) is 73.7 Å². The quantitative estimate of drug-likeness (QED) is 0.149. The topological polar surface area (TPSA) is 74.1 Å². The van der Waals surface area contributed by atoms with Gasteiger partial charge in [0.05, 0.1) is 16.8 Å². The van der Waals surface area contributed by atoms with Gasteiger partial charge in [0.1, 0.15) is 6.61 Å². The first-order valence-corrected chi connectivity index (χ1v) is 13.3. The minimum Gasteiger partial charge on any atom is -0.490 e. The number of aromatic nitrogens is 4. The number of nitrogens with zero attached hydrogens (tertiary/aromatic N) is 4. The van der Waals surface area contributed by atoms with Crippen molar-refractivity contribution in [3.8, 4) is 17.2 Å². The molecule has 7 nitrogen and oxygen atoms in total. The van der Waals surface area contributed by atoms with Gasteiger partial charge in [-0.3, -0.25) is 0 Å². The molecule has 4 aromatic rings. The summed E-state index contributed by atoms with van der Waals surface area (Å²) < 4.78 is 14.6. The number of tetrazole rings is 1. The third-order valence-electron chi connectivity index (χ3n) is 5.09. The first-order chi connectivity index (χ1) is 17.2. The zero-order valence-corrected chi connectivity index (χ0v) is 23.2. The van der Waals surface area contributed by atoms with Crippen LogP contribution in [0.4, 0.5) is 0 Å². The fourth-order valence-corrected chi connectivity index (χ4v) is 4.88. The average molecular weight is 591 g/mol. The Morgan fingerprint density at radius 3 is 2.47 bits per heavy atom. The number of hydrogen-bond donors (Lipinski definition) is 1. The second-order valence-electron chi connectivity index (χ2n) is 7.70. The summed E-state index contributed by atoms with van der Waals surface area (Å²) in [6.07, 6.45) is 0.990. The minimum atomic E-state index is 0. The molecule has 0 fully saturated rings. The van der Waals surface area contributed by atoms with Gasteiger partial charge >= 0.3 is 0 Å². The summed E-state index contributed by atoms with van der Waals surface area (Å²) in [6.45, 7) is 4.66. The van der Waals surface area contributed by atoms with Gasteiger partial charge in [-0.1, -0.05) is 60.3 Å². The smallest absolute Gasteiger partial charge is 0.214 e. The molecule has 0 bridgehead atoms. The maximum absolute atomic E-state index is 6.08. The van der Waals surface area contributed by atoms with Crippen molar-refractivity contribution in [2.75, 3.05) is 18.9 Å². The van der Waals surface area contributed by atoms with Gasteiger partial charge < -0.3 is 14.8 Å². The highest BCUT2D eigenvalue weighted by atomic mass is 79.9. The van der Waals surface area contributed by atoms with Crippen LogP contribution in [-0.4, -0.2) is 39.1 Å². The minimum absolute atomic E-state index is 0. The van der Waals surface area contributed by atoms with E-state index in [0.29, 0.717) is 13.2 Å². The Kier molecular flexibility index (Phi) is 11.5. The van der Waals surface area contributed by atoms with Crippen LogP contribution < -0.4 is 14.8 Å². The molecule has 36 heavy (non-hydrogen) atoms. The SMILES string of the molecule is CCOc1cc(CNCCCSc2nnnn2-c2ccccc2)cc(Br)c1OCc1ccccc1.Cl. The monoisotopic (exact) mass is 589 g/mol. The molecule has 0 atom stereocenters. The number of benzene rings is 3. The summed E-state index contributed by atoms with van der Waals surface area (Å²) >= 11 is 5.32. The van der Waals surface area contributed by atoms with Crippen molar-refractivity contribution < 1.29 is 9.47 Å². The summed E-state index contributed by atoms with van der Waals surface area (Å²) in [6, 6.07) is 24.2. The zero-order valence-electron chi connectivity index (χ0n) is 20.0. The van der Waals surface area contributed by atoms with Gasteiger partial charge in [0, 0.05) is 12.3 Å². The molecule has 4 rings (SSSR count). The highest BCUT2D eigenvalue weighted by Crippen LogP contribution is 2.37. The van der Waals surface area contributed by atoms with Crippen molar-refractivity contribution >= 4 is 40.1 Å². The Balaban J connectivity index is 0.00000361. The van der Waals surface area contributed by atoms with Crippen LogP contribution in [0.5, 0.6) is 11.5 Å². The first kappa shape index (κ1) is 28.0. The molecule has 0 aliphatic carbocycles. The van der Waals surface area contributed by atoms with Gasteiger partial charge in [0.15, 0.2) is 11.5 Å². The van der Waals surface area contributed by atoms with Crippen LogP contribution in [0.25, 0.3) is 5.69 Å². The van der Waals surface area contributed by atoms with Gasteiger partial charge in [0.25, 0.3) is 0 Å². The molecule has 10 heteroatoms. The first-order valence-electron chi connectivity index (χ1n) is 11.5. The number of hydrogen-bond acceptors (Lipinski definition) is 7. The lowest BCUT2D eigenvalue weighted by Crippen LogP contribution is -2.15. The van der Waals surface area contributed by atoms with E-state index < -0.39 is 0 Å². The molecule has 1 aromatic heterocycles. The van der Waals surface area contributed by atoms with Crippen molar-refractivity contribution in [3.63, 3.8) is 0 Å². The van der Waals surface area contributed by atoms with E-state index in [-0.39, 0.29) is 12.4 Å². The van der Waals surface area contributed by atoms with Crippen LogP contribution in [0.2, 0.25) is 0 Å². The molecule has 0 aliphatic rings. The Morgan fingerprint density at radius 2 is 1.72 bits per heavy atom. The van der Waals surface area contributed by atoms with Crippen molar-refractivity contribution in [3.05, 3.63) is 88.4 Å². The van der Waals surface area contributed by atoms with E-state index in [1.165, 1.54) is 0 Å². The fourth-order valence-electron chi connectivity index (χ4n) is 3.45. The van der Waals surface area contributed by atoms with E-state index in [4.69, 9.17) is 9.47 Å². The third-order valence-corrected chi connectivity index (χ3v) is 6.69. The third kappa shape index (κ3) is 7.96. The molecule has 0 saturated heterocycles. The van der Waals surface area contributed by atoms with Crippen LogP contribution >= 0.6 is 40.1 Å². The van der Waals surface area contributed by atoms with Crippen molar-refractivity contribution in [2.24, 2.45) is 0 Å². The molecule has 1 heterocycles. The van der Waals surface area contributed by atoms with Crippen LogP contribution in [0.1, 0.15) is 24.5 Å². The van der Waals surface area contributed by atoms with Gasteiger partial charge in [-0.15, -0.1) is 17.5 Å². The standard InChI is InChI=1S/C26H28BrN5O2S.ClH/c1-2-33-24-17-21(16-23(27)25(24)34-19-20-10-5-3-6-11-20)18-28-14-9-15-35-26-29-30-31-32(26)22-12-7-4-8-13-22;/h3-8,10-13,16-17,28H,2,9,14-15,18-19H2,1H3;1H. The molecule has 0 spiro atoms. The Labute approximate surface area is 230 Å². The normalized spacial score (nSPS) is 10.6. The van der Waals surface area contributed by atoms with Crippen LogP contribution in [0, 0.1) is 0 Å². The molecular weight excluding hydrogens is 562 g/mol. The second kappa shape index (κ2) is 14.8. The maximum Gasteiger partial charge on any atom is 0.214 e. The zero-order chi connectivity index (χ0) is 24.3. The molecule has 0 amide bonds. The van der Waals surface area contributed by atoms with Gasteiger partial charge in [-0.25, -0.2) is 0 Å². The van der Waals surface area contributed by atoms with E-state index in [2.05, 4.69) is 42.8 Å². The molecular formula is C26H29BrClN5O2S. The van der Waals surface area contributed by atoms with E-state index in [1.54, 1.807) is 16.4 Å². The Bertz CT molecular complexity index is 1200. The van der Waals surface area contributed by atoms with Gasteiger partial charge in [0.2, 0.25) is 5.16 Å². The predicted molar refractivity (Wildman–Crippen MR) is 150 cm³/mol. The van der Waals surface area contributed by atoms with Crippen molar-refractivity contribution in [1.29, 1.82) is 0 Å². The number of thioether (sulfide) groups is 1. The van der Waals surface area contributed by atoms with E-state index >= 15 is 0 Å². The lowest BCUT2D eigenvalue weighted by atomic mass is 10.2. The van der Waals surface area contributed by atoms with E-state index in [9.17, 15) is 0 Å². The summed E-state index contributed by atoms with van der Waals surface area (Å²) in [4.78, 5) is 0. The molecule has 0 aliphatic heterocycles. The number of ether oxygens (including phenoxy) is 2. The molecule has 190 valence electrons. The average Bonchev–Trinajstić information content (AvgIpc) is 3.35. The second-order valence-corrected chi connectivity index (χ2v) is 9.62. The van der Waals surface area contributed by atoms with Gasteiger partial charge in [-0.05, 0) is 81.6 Å². The van der Waals surface area contributed by atoms with Crippen molar-refractivity contribution in [1.82, 2.24) is 25.5 Å². The Hall–Kier alpha value is -2.59. The van der Waals surface area contributed by atoms with Gasteiger partial charge in [-0.2, -0.15) is 4.68 Å².